The summed E-state index contributed by atoms with van der Waals surface area (Å²) in [6.45, 7) is 2.14. The summed E-state index contributed by atoms with van der Waals surface area (Å²) in [4.78, 5) is 13.7. The van der Waals surface area contributed by atoms with Crippen molar-refractivity contribution in [2.24, 2.45) is 0 Å². The van der Waals surface area contributed by atoms with Crippen molar-refractivity contribution in [2.75, 3.05) is 32.1 Å². The Morgan fingerprint density at radius 2 is 1.80 bits per heavy atom. The van der Waals surface area contributed by atoms with Crippen LogP contribution in [0, 0.1) is 0 Å². The third-order valence-electron chi connectivity index (χ3n) is 4.63. The maximum atomic E-state index is 6.12. The monoisotopic (exact) mass is 294 g/mol. The molecule has 0 unspecified atom stereocenters. The summed E-state index contributed by atoms with van der Waals surface area (Å²) >= 11 is 6.12. The van der Waals surface area contributed by atoms with Gasteiger partial charge in [0.05, 0.1) is 5.69 Å². The van der Waals surface area contributed by atoms with Crippen molar-refractivity contribution < 1.29 is 0 Å². The lowest BCUT2D eigenvalue weighted by Gasteiger charge is -2.37. The number of piperidine rings is 1. The Kier molecular flexibility index (Phi) is 4.13. The van der Waals surface area contributed by atoms with Crippen molar-refractivity contribution >= 4 is 17.4 Å². The van der Waals surface area contributed by atoms with E-state index in [0.717, 1.165) is 31.7 Å². The Labute approximate surface area is 126 Å². The van der Waals surface area contributed by atoms with Crippen LogP contribution in [0.25, 0.3) is 0 Å². The molecule has 0 aromatic carbocycles. The Bertz CT molecular complexity index is 481. The zero-order chi connectivity index (χ0) is 14.1. The summed E-state index contributed by atoms with van der Waals surface area (Å²) in [7, 11) is 4.34. The van der Waals surface area contributed by atoms with E-state index < -0.39 is 0 Å². The first kappa shape index (κ1) is 14.1. The number of rotatable bonds is 2. The fraction of sp³-hybridized carbons (Fsp3) is 0.733. The fourth-order valence-corrected chi connectivity index (χ4v) is 3.58. The van der Waals surface area contributed by atoms with Crippen LogP contribution < -0.4 is 4.90 Å². The van der Waals surface area contributed by atoms with E-state index in [9.17, 15) is 0 Å². The van der Waals surface area contributed by atoms with Gasteiger partial charge in [0.2, 0.25) is 5.28 Å². The molecule has 1 fully saturated rings. The molecule has 0 saturated carbocycles. The average Bonchev–Trinajstić information content (AvgIpc) is 2.46. The molecular weight excluding hydrogens is 272 g/mol. The van der Waals surface area contributed by atoms with Crippen molar-refractivity contribution in [3.05, 3.63) is 16.5 Å². The molecule has 110 valence electrons. The third-order valence-corrected chi connectivity index (χ3v) is 4.80. The molecule has 2 aliphatic rings. The molecule has 1 aliphatic carbocycles. The van der Waals surface area contributed by atoms with E-state index in [2.05, 4.69) is 33.9 Å². The van der Waals surface area contributed by atoms with E-state index in [1.54, 1.807) is 0 Å². The molecule has 4 nitrogen and oxygen atoms in total. The van der Waals surface area contributed by atoms with Crippen LogP contribution in [0.1, 0.15) is 36.9 Å². The Hall–Kier alpha value is -0.870. The first-order chi connectivity index (χ1) is 9.65. The van der Waals surface area contributed by atoms with Crippen LogP contribution >= 0.6 is 11.6 Å². The number of fused-ring (bicyclic) bond motifs is 1. The second-order valence-electron chi connectivity index (χ2n) is 6.13. The molecule has 20 heavy (non-hydrogen) atoms. The minimum atomic E-state index is 0.412. The van der Waals surface area contributed by atoms with Gasteiger partial charge in [-0.1, -0.05) is 0 Å². The van der Waals surface area contributed by atoms with Gasteiger partial charge in [-0.2, -0.15) is 0 Å². The first-order valence-electron chi connectivity index (χ1n) is 7.62. The number of aromatic nitrogens is 2. The fourth-order valence-electron chi connectivity index (χ4n) is 3.40. The molecule has 0 amide bonds. The van der Waals surface area contributed by atoms with Crippen molar-refractivity contribution in [1.82, 2.24) is 14.9 Å². The Balaban J connectivity index is 1.82. The van der Waals surface area contributed by atoms with Gasteiger partial charge in [-0.3, -0.25) is 0 Å². The van der Waals surface area contributed by atoms with Gasteiger partial charge < -0.3 is 9.80 Å². The van der Waals surface area contributed by atoms with Crippen LogP contribution in [-0.4, -0.2) is 48.1 Å². The normalized spacial score (nSPS) is 20.3. The molecule has 1 aromatic rings. The number of halogens is 1. The van der Waals surface area contributed by atoms with Crippen LogP contribution in [0.3, 0.4) is 0 Å². The lowest BCUT2D eigenvalue weighted by Crippen LogP contribution is -2.42. The van der Waals surface area contributed by atoms with Gasteiger partial charge in [0.1, 0.15) is 5.82 Å². The molecule has 0 N–H and O–H groups in total. The maximum Gasteiger partial charge on any atom is 0.224 e. The minimum Gasteiger partial charge on any atom is -0.356 e. The smallest absolute Gasteiger partial charge is 0.224 e. The van der Waals surface area contributed by atoms with Crippen LogP contribution in [0.2, 0.25) is 5.28 Å². The van der Waals surface area contributed by atoms with Crippen molar-refractivity contribution in [2.45, 2.75) is 44.6 Å². The second kappa shape index (κ2) is 5.86. The molecule has 0 radical (unpaired) electrons. The molecule has 5 heteroatoms. The van der Waals surface area contributed by atoms with E-state index in [1.165, 1.54) is 36.9 Å². The van der Waals surface area contributed by atoms with Gasteiger partial charge in [-0.25, -0.2) is 9.97 Å². The minimum absolute atomic E-state index is 0.412. The van der Waals surface area contributed by atoms with Crippen LogP contribution in [0.15, 0.2) is 0 Å². The highest BCUT2D eigenvalue weighted by molar-refractivity contribution is 6.28. The Morgan fingerprint density at radius 3 is 2.50 bits per heavy atom. The molecule has 1 aromatic heterocycles. The van der Waals surface area contributed by atoms with Crippen molar-refractivity contribution in [3.8, 4) is 0 Å². The van der Waals surface area contributed by atoms with Crippen LogP contribution in [-0.2, 0) is 12.8 Å². The number of aryl methyl sites for hydroxylation is 1. The van der Waals surface area contributed by atoms with Gasteiger partial charge in [0.15, 0.2) is 0 Å². The van der Waals surface area contributed by atoms with Gasteiger partial charge in [0, 0.05) is 24.7 Å². The standard InChI is InChI=1S/C15H23ClN4/c1-19(2)11-7-9-20(10-8-11)14-12-5-3-4-6-13(12)17-15(16)18-14/h11H,3-10H2,1-2H3. The molecular formula is C15H23ClN4. The summed E-state index contributed by atoms with van der Waals surface area (Å²) in [5, 5.41) is 0.412. The van der Waals surface area contributed by atoms with E-state index in [0.29, 0.717) is 11.3 Å². The number of hydrogen-bond donors (Lipinski definition) is 0. The number of anilines is 1. The highest BCUT2D eigenvalue weighted by atomic mass is 35.5. The quantitative estimate of drug-likeness (QED) is 0.785. The van der Waals surface area contributed by atoms with Gasteiger partial charge in [0.25, 0.3) is 0 Å². The first-order valence-corrected chi connectivity index (χ1v) is 7.99. The van der Waals surface area contributed by atoms with Gasteiger partial charge >= 0.3 is 0 Å². The molecule has 1 aliphatic heterocycles. The lowest BCUT2D eigenvalue weighted by atomic mass is 9.95. The van der Waals surface area contributed by atoms with Crippen LogP contribution in [0.5, 0.6) is 0 Å². The summed E-state index contributed by atoms with van der Waals surface area (Å²) in [6.07, 6.45) is 7.03. The van der Waals surface area contributed by atoms with E-state index in [-0.39, 0.29) is 0 Å². The average molecular weight is 295 g/mol. The summed E-state index contributed by atoms with van der Waals surface area (Å²) in [6, 6.07) is 0.694. The molecule has 0 bridgehead atoms. The summed E-state index contributed by atoms with van der Waals surface area (Å²) in [5.41, 5.74) is 2.53. The predicted octanol–water partition coefficient (Wildman–Crippen LogP) is 2.54. The van der Waals surface area contributed by atoms with Gasteiger partial charge in [-0.05, 0) is 64.2 Å². The van der Waals surface area contributed by atoms with E-state index >= 15 is 0 Å². The zero-order valence-corrected chi connectivity index (χ0v) is 13.2. The molecule has 3 rings (SSSR count). The largest absolute Gasteiger partial charge is 0.356 e. The summed E-state index contributed by atoms with van der Waals surface area (Å²) in [5.74, 6) is 1.11. The SMILES string of the molecule is CN(C)C1CCN(c2nc(Cl)nc3c2CCCC3)CC1. The summed E-state index contributed by atoms with van der Waals surface area (Å²) < 4.78 is 0. The topological polar surface area (TPSA) is 32.3 Å². The molecule has 1 saturated heterocycles. The predicted molar refractivity (Wildman–Crippen MR) is 82.6 cm³/mol. The highest BCUT2D eigenvalue weighted by Crippen LogP contribution is 2.31. The molecule has 0 spiro atoms. The van der Waals surface area contributed by atoms with Crippen LogP contribution in [0.4, 0.5) is 5.82 Å². The Morgan fingerprint density at radius 1 is 1.10 bits per heavy atom. The van der Waals surface area contributed by atoms with Crippen molar-refractivity contribution in [3.63, 3.8) is 0 Å². The molecule has 0 atom stereocenters. The zero-order valence-electron chi connectivity index (χ0n) is 12.4. The second-order valence-corrected chi connectivity index (χ2v) is 6.47. The van der Waals surface area contributed by atoms with Gasteiger partial charge in [-0.15, -0.1) is 0 Å². The van der Waals surface area contributed by atoms with Crippen molar-refractivity contribution in [1.29, 1.82) is 0 Å². The molecule has 2 heterocycles. The number of hydrogen-bond acceptors (Lipinski definition) is 4. The highest BCUT2D eigenvalue weighted by Gasteiger charge is 2.26. The van der Waals surface area contributed by atoms with E-state index in [4.69, 9.17) is 11.6 Å². The van der Waals surface area contributed by atoms with E-state index in [1.807, 2.05) is 0 Å². The third kappa shape index (κ3) is 2.77. The number of nitrogens with zero attached hydrogens (tertiary/aromatic N) is 4. The lowest BCUT2D eigenvalue weighted by molar-refractivity contribution is 0.249. The maximum absolute atomic E-state index is 6.12.